The fourth-order valence-corrected chi connectivity index (χ4v) is 3.20. The van der Waals surface area contributed by atoms with Crippen LogP contribution >= 0.6 is 0 Å². The molecule has 25 heavy (non-hydrogen) atoms. The molecule has 0 atom stereocenters. The van der Waals surface area contributed by atoms with Crippen molar-refractivity contribution in [3.05, 3.63) is 29.8 Å². The SMILES string of the molecule is CCCNC(=O)c1ccccc1N1CCC(NC(=O)CC(C)C)CC1. The lowest BCUT2D eigenvalue weighted by atomic mass is 10.0. The zero-order chi connectivity index (χ0) is 18.2. The first kappa shape index (κ1) is 19.3. The molecular weight excluding hydrogens is 314 g/mol. The van der Waals surface area contributed by atoms with E-state index >= 15 is 0 Å². The number of benzene rings is 1. The van der Waals surface area contributed by atoms with E-state index in [1.807, 2.05) is 31.2 Å². The summed E-state index contributed by atoms with van der Waals surface area (Å²) in [7, 11) is 0. The molecule has 2 rings (SSSR count). The Balaban J connectivity index is 1.94. The second-order valence-corrected chi connectivity index (χ2v) is 7.20. The summed E-state index contributed by atoms with van der Waals surface area (Å²) in [6, 6.07) is 8.02. The number of para-hydroxylation sites is 1. The van der Waals surface area contributed by atoms with Gasteiger partial charge in [0.05, 0.1) is 5.56 Å². The number of carbonyl (C=O) groups is 2. The lowest BCUT2D eigenvalue weighted by Crippen LogP contribution is -2.45. The number of amides is 2. The maximum Gasteiger partial charge on any atom is 0.253 e. The zero-order valence-electron chi connectivity index (χ0n) is 15.7. The van der Waals surface area contributed by atoms with E-state index in [0.717, 1.165) is 43.6 Å². The van der Waals surface area contributed by atoms with E-state index in [-0.39, 0.29) is 17.9 Å². The summed E-state index contributed by atoms with van der Waals surface area (Å²) >= 11 is 0. The number of nitrogens with one attached hydrogen (secondary N) is 2. The normalized spacial score (nSPS) is 15.3. The molecule has 0 spiro atoms. The van der Waals surface area contributed by atoms with Crippen molar-refractivity contribution in [1.29, 1.82) is 0 Å². The standard InChI is InChI=1S/C20H31N3O2/c1-4-11-21-20(25)17-7-5-6-8-18(17)23-12-9-16(10-13-23)22-19(24)14-15(2)3/h5-8,15-16H,4,9-14H2,1-3H3,(H,21,25)(H,22,24). The van der Waals surface area contributed by atoms with Gasteiger partial charge < -0.3 is 15.5 Å². The molecule has 5 nitrogen and oxygen atoms in total. The summed E-state index contributed by atoms with van der Waals surface area (Å²) in [6.45, 7) is 8.56. The maximum atomic E-state index is 12.4. The third-order valence-electron chi connectivity index (χ3n) is 4.48. The first-order chi connectivity index (χ1) is 12.0. The van der Waals surface area contributed by atoms with E-state index in [1.54, 1.807) is 0 Å². The van der Waals surface area contributed by atoms with Crippen LogP contribution in [-0.2, 0) is 4.79 Å². The van der Waals surface area contributed by atoms with Gasteiger partial charge in [-0.05, 0) is 37.3 Å². The van der Waals surface area contributed by atoms with Crippen LogP contribution in [0, 0.1) is 5.92 Å². The van der Waals surface area contributed by atoms with Crippen LogP contribution < -0.4 is 15.5 Å². The minimum Gasteiger partial charge on any atom is -0.371 e. The molecule has 0 bridgehead atoms. The molecule has 1 aliphatic heterocycles. The molecule has 0 aromatic heterocycles. The monoisotopic (exact) mass is 345 g/mol. The van der Waals surface area contributed by atoms with Crippen molar-refractivity contribution in [3.63, 3.8) is 0 Å². The smallest absolute Gasteiger partial charge is 0.253 e. The van der Waals surface area contributed by atoms with Gasteiger partial charge in [0.15, 0.2) is 0 Å². The van der Waals surface area contributed by atoms with Crippen LogP contribution in [0.1, 0.15) is 56.8 Å². The number of piperidine rings is 1. The van der Waals surface area contributed by atoms with E-state index in [9.17, 15) is 9.59 Å². The molecule has 1 aromatic rings. The molecule has 0 radical (unpaired) electrons. The molecule has 1 aromatic carbocycles. The Bertz CT molecular complexity index is 578. The third-order valence-corrected chi connectivity index (χ3v) is 4.48. The van der Waals surface area contributed by atoms with E-state index < -0.39 is 0 Å². The maximum absolute atomic E-state index is 12.4. The van der Waals surface area contributed by atoms with Crippen LogP contribution in [0.3, 0.4) is 0 Å². The van der Waals surface area contributed by atoms with Crippen molar-refractivity contribution in [2.45, 2.75) is 52.5 Å². The summed E-state index contributed by atoms with van der Waals surface area (Å²) in [6.07, 6.45) is 3.33. The number of anilines is 1. The second kappa shape index (κ2) is 9.44. The van der Waals surface area contributed by atoms with Gasteiger partial charge in [0, 0.05) is 37.8 Å². The molecule has 2 N–H and O–H groups in total. The topological polar surface area (TPSA) is 61.4 Å². The summed E-state index contributed by atoms with van der Waals surface area (Å²) in [5.41, 5.74) is 1.72. The molecule has 1 saturated heterocycles. The number of rotatable bonds is 7. The van der Waals surface area contributed by atoms with Crippen molar-refractivity contribution in [2.75, 3.05) is 24.5 Å². The van der Waals surface area contributed by atoms with Gasteiger partial charge in [-0.25, -0.2) is 0 Å². The van der Waals surface area contributed by atoms with Crippen molar-refractivity contribution in [3.8, 4) is 0 Å². The number of hydrogen-bond acceptors (Lipinski definition) is 3. The predicted octanol–water partition coefficient (Wildman–Crippen LogP) is 2.96. The second-order valence-electron chi connectivity index (χ2n) is 7.20. The van der Waals surface area contributed by atoms with Gasteiger partial charge in [0.25, 0.3) is 5.91 Å². The summed E-state index contributed by atoms with van der Waals surface area (Å²) in [5, 5.41) is 6.10. The third kappa shape index (κ3) is 5.76. The average Bonchev–Trinajstić information content (AvgIpc) is 2.59. The van der Waals surface area contributed by atoms with Gasteiger partial charge >= 0.3 is 0 Å². The van der Waals surface area contributed by atoms with Gasteiger partial charge in [-0.3, -0.25) is 9.59 Å². The summed E-state index contributed by atoms with van der Waals surface area (Å²) in [4.78, 5) is 26.6. The van der Waals surface area contributed by atoms with Gasteiger partial charge in [0.1, 0.15) is 0 Å². The van der Waals surface area contributed by atoms with E-state index in [2.05, 4.69) is 29.4 Å². The lowest BCUT2D eigenvalue weighted by Gasteiger charge is -2.35. The molecule has 2 amide bonds. The molecule has 1 fully saturated rings. The van der Waals surface area contributed by atoms with Crippen molar-refractivity contribution in [2.24, 2.45) is 5.92 Å². The van der Waals surface area contributed by atoms with Crippen LogP contribution in [0.15, 0.2) is 24.3 Å². The average molecular weight is 345 g/mol. The number of nitrogens with zero attached hydrogens (tertiary/aromatic N) is 1. The van der Waals surface area contributed by atoms with Crippen LogP contribution in [0.25, 0.3) is 0 Å². The van der Waals surface area contributed by atoms with Crippen molar-refractivity contribution in [1.82, 2.24) is 10.6 Å². The van der Waals surface area contributed by atoms with Crippen LogP contribution in [0.2, 0.25) is 0 Å². The van der Waals surface area contributed by atoms with E-state index in [4.69, 9.17) is 0 Å². The summed E-state index contributed by atoms with van der Waals surface area (Å²) < 4.78 is 0. The molecule has 0 unspecified atom stereocenters. The first-order valence-corrected chi connectivity index (χ1v) is 9.42. The minimum absolute atomic E-state index is 0.00944. The Morgan fingerprint density at radius 3 is 2.52 bits per heavy atom. The minimum atomic E-state index is -0.00944. The fraction of sp³-hybridized carbons (Fsp3) is 0.600. The Kier molecular flexibility index (Phi) is 7.29. The molecule has 5 heteroatoms. The van der Waals surface area contributed by atoms with Crippen LogP contribution in [0.4, 0.5) is 5.69 Å². The van der Waals surface area contributed by atoms with Gasteiger partial charge in [-0.15, -0.1) is 0 Å². The Labute approximate surface area is 151 Å². The van der Waals surface area contributed by atoms with Crippen LogP contribution in [-0.4, -0.2) is 37.5 Å². The first-order valence-electron chi connectivity index (χ1n) is 9.42. The highest BCUT2D eigenvalue weighted by atomic mass is 16.2. The number of carbonyl (C=O) groups excluding carboxylic acids is 2. The molecule has 138 valence electrons. The quantitative estimate of drug-likeness (QED) is 0.799. The zero-order valence-corrected chi connectivity index (χ0v) is 15.7. The van der Waals surface area contributed by atoms with Gasteiger partial charge in [-0.1, -0.05) is 32.9 Å². The molecule has 1 heterocycles. The fourth-order valence-electron chi connectivity index (χ4n) is 3.20. The lowest BCUT2D eigenvalue weighted by molar-refractivity contribution is -0.122. The number of hydrogen-bond donors (Lipinski definition) is 2. The molecular formula is C20H31N3O2. The largest absolute Gasteiger partial charge is 0.371 e. The predicted molar refractivity (Wildman–Crippen MR) is 102 cm³/mol. The molecule has 0 aliphatic carbocycles. The van der Waals surface area contributed by atoms with Gasteiger partial charge in [0.2, 0.25) is 5.91 Å². The Morgan fingerprint density at radius 1 is 1.20 bits per heavy atom. The highest BCUT2D eigenvalue weighted by molar-refractivity contribution is 5.99. The van der Waals surface area contributed by atoms with Crippen molar-refractivity contribution >= 4 is 17.5 Å². The molecule has 0 saturated carbocycles. The van der Waals surface area contributed by atoms with E-state index in [0.29, 0.717) is 18.9 Å². The summed E-state index contributed by atoms with van der Waals surface area (Å²) in [5.74, 6) is 0.520. The highest BCUT2D eigenvalue weighted by Gasteiger charge is 2.23. The van der Waals surface area contributed by atoms with Crippen molar-refractivity contribution < 1.29 is 9.59 Å². The van der Waals surface area contributed by atoms with E-state index in [1.165, 1.54) is 0 Å². The highest BCUT2D eigenvalue weighted by Crippen LogP contribution is 2.24. The Hall–Kier alpha value is -2.04. The van der Waals surface area contributed by atoms with Gasteiger partial charge in [-0.2, -0.15) is 0 Å². The Morgan fingerprint density at radius 2 is 1.88 bits per heavy atom. The molecule has 1 aliphatic rings. The van der Waals surface area contributed by atoms with Crippen LogP contribution in [0.5, 0.6) is 0 Å².